The third-order valence-corrected chi connectivity index (χ3v) is 5.63. The normalized spacial score (nSPS) is 14.3. The van der Waals surface area contributed by atoms with Crippen LogP contribution in [0, 0.1) is 10.1 Å². The number of carbonyl (C=O) groups is 4. The van der Waals surface area contributed by atoms with Crippen molar-refractivity contribution in [1.82, 2.24) is 15.4 Å². The zero-order valence-electron chi connectivity index (χ0n) is 17.3. The molecule has 176 valence electrons. The fourth-order valence-electron chi connectivity index (χ4n) is 1.93. The summed E-state index contributed by atoms with van der Waals surface area (Å²) in [6.45, 7) is 4.98. The van der Waals surface area contributed by atoms with Gasteiger partial charge in [-0.2, -0.15) is 5.06 Å². The standard InChI is InChI=1S/C13H17N3O6S2.C4H5NO3/c1-13(2,3)22-12(19)15-8(11(17)18)7-23-24-10-9(16(20)21)5-4-6-14-10;6-3-1-2-4(7)5(3)8/h4-6,8H,7H2,1-3H3,(H,15,19)(H,17,18);8H,1-2H2/t8-;/m0./s1. The van der Waals surface area contributed by atoms with Gasteiger partial charge in [0.05, 0.1) is 4.92 Å². The van der Waals surface area contributed by atoms with Crippen molar-refractivity contribution in [2.45, 2.75) is 50.3 Å². The van der Waals surface area contributed by atoms with Gasteiger partial charge in [0, 0.05) is 30.9 Å². The van der Waals surface area contributed by atoms with Crippen LogP contribution in [-0.4, -0.2) is 66.6 Å². The topological polar surface area (TPSA) is 189 Å². The van der Waals surface area contributed by atoms with Gasteiger partial charge in [0.25, 0.3) is 11.8 Å². The van der Waals surface area contributed by atoms with Gasteiger partial charge in [-0.05, 0) is 37.6 Å². The van der Waals surface area contributed by atoms with Crippen LogP contribution in [0.5, 0.6) is 0 Å². The van der Waals surface area contributed by atoms with Crippen molar-refractivity contribution >= 4 is 51.2 Å². The minimum absolute atomic E-state index is 0.0209. The Kier molecular flexibility index (Phi) is 10.3. The first-order valence-corrected chi connectivity index (χ1v) is 11.3. The molecule has 15 heteroatoms. The van der Waals surface area contributed by atoms with Gasteiger partial charge in [0.1, 0.15) is 11.6 Å². The number of hydrogen-bond acceptors (Lipinski definition) is 11. The number of nitrogens with one attached hydrogen (secondary N) is 1. The predicted molar refractivity (Wildman–Crippen MR) is 113 cm³/mol. The van der Waals surface area contributed by atoms with E-state index < -0.39 is 40.4 Å². The molecule has 3 amide bonds. The van der Waals surface area contributed by atoms with Gasteiger partial charge in [-0.25, -0.2) is 14.6 Å². The van der Waals surface area contributed by atoms with Crippen LogP contribution in [0.15, 0.2) is 23.4 Å². The van der Waals surface area contributed by atoms with E-state index in [1.807, 2.05) is 0 Å². The van der Waals surface area contributed by atoms with Crippen molar-refractivity contribution in [3.63, 3.8) is 0 Å². The fourth-order valence-corrected chi connectivity index (χ4v) is 4.14. The highest BCUT2D eigenvalue weighted by molar-refractivity contribution is 8.76. The molecule has 0 spiro atoms. The van der Waals surface area contributed by atoms with Crippen LogP contribution in [0.25, 0.3) is 0 Å². The van der Waals surface area contributed by atoms with E-state index in [4.69, 9.17) is 15.1 Å². The molecule has 32 heavy (non-hydrogen) atoms. The van der Waals surface area contributed by atoms with E-state index in [0.717, 1.165) is 21.6 Å². The number of ether oxygens (including phenoxy) is 1. The van der Waals surface area contributed by atoms with Gasteiger partial charge in [0.2, 0.25) is 0 Å². The van der Waals surface area contributed by atoms with E-state index in [2.05, 4.69) is 10.3 Å². The smallest absolute Gasteiger partial charge is 0.408 e. The highest BCUT2D eigenvalue weighted by Gasteiger charge is 2.27. The maximum absolute atomic E-state index is 11.6. The molecule has 1 aromatic rings. The molecule has 0 saturated carbocycles. The number of imide groups is 1. The Hall–Kier alpha value is -2.91. The number of carbonyl (C=O) groups excluding carboxylic acids is 3. The molecule has 0 aromatic carbocycles. The van der Waals surface area contributed by atoms with Crippen molar-refractivity contribution in [2.75, 3.05) is 5.75 Å². The number of amides is 3. The molecule has 2 rings (SSSR count). The van der Waals surface area contributed by atoms with Crippen LogP contribution in [0.4, 0.5) is 10.5 Å². The first-order valence-electron chi connectivity index (χ1n) is 8.97. The van der Waals surface area contributed by atoms with Gasteiger partial charge in [-0.1, -0.05) is 10.8 Å². The van der Waals surface area contributed by atoms with Crippen LogP contribution in [0.2, 0.25) is 0 Å². The van der Waals surface area contributed by atoms with Crippen molar-refractivity contribution in [3.05, 3.63) is 28.4 Å². The van der Waals surface area contributed by atoms with Crippen LogP contribution in [0.1, 0.15) is 33.6 Å². The molecule has 0 aliphatic carbocycles. The molecule has 1 aromatic heterocycles. The largest absolute Gasteiger partial charge is 0.480 e. The summed E-state index contributed by atoms with van der Waals surface area (Å²) in [6, 6.07) is 1.56. The van der Waals surface area contributed by atoms with Crippen LogP contribution >= 0.6 is 21.6 Å². The van der Waals surface area contributed by atoms with Gasteiger partial charge < -0.3 is 15.2 Å². The molecule has 1 fully saturated rings. The Morgan fingerprint density at radius 2 is 1.94 bits per heavy atom. The number of carboxylic acid groups (broad SMARTS) is 1. The summed E-state index contributed by atoms with van der Waals surface area (Å²) < 4.78 is 5.00. The molecular weight excluding hydrogens is 468 g/mol. The SMILES string of the molecule is CC(C)(C)OC(=O)N[C@@H](CSSc1ncccc1[N+](=O)[O-])C(=O)O.O=C1CCC(=O)N1O. The first-order chi connectivity index (χ1) is 14.8. The maximum atomic E-state index is 11.6. The third kappa shape index (κ3) is 9.49. The minimum Gasteiger partial charge on any atom is -0.480 e. The number of hydroxylamine groups is 2. The maximum Gasteiger partial charge on any atom is 0.408 e. The Morgan fingerprint density at radius 1 is 1.34 bits per heavy atom. The van der Waals surface area contributed by atoms with E-state index >= 15 is 0 Å². The average molecular weight is 491 g/mol. The Balaban J connectivity index is 0.000000533. The number of nitro groups is 1. The average Bonchev–Trinajstić information content (AvgIpc) is 2.97. The van der Waals surface area contributed by atoms with Crippen molar-refractivity contribution in [2.24, 2.45) is 0 Å². The second-order valence-corrected chi connectivity index (χ2v) is 9.42. The van der Waals surface area contributed by atoms with Crippen LogP contribution < -0.4 is 5.32 Å². The number of nitrogens with zero attached hydrogens (tertiary/aromatic N) is 3. The van der Waals surface area contributed by atoms with E-state index in [1.165, 1.54) is 18.3 Å². The molecule has 0 radical (unpaired) electrons. The molecule has 1 aliphatic rings. The summed E-state index contributed by atoms with van der Waals surface area (Å²) in [5.74, 6) is -2.26. The van der Waals surface area contributed by atoms with E-state index in [1.54, 1.807) is 20.8 Å². The van der Waals surface area contributed by atoms with Crippen molar-refractivity contribution < 1.29 is 39.2 Å². The quantitative estimate of drug-likeness (QED) is 0.166. The fraction of sp³-hybridized carbons (Fsp3) is 0.471. The number of rotatable bonds is 7. The number of carboxylic acids is 1. The highest BCUT2D eigenvalue weighted by atomic mass is 33.1. The van der Waals surface area contributed by atoms with Crippen LogP contribution in [-0.2, 0) is 19.1 Å². The Morgan fingerprint density at radius 3 is 2.38 bits per heavy atom. The van der Waals surface area contributed by atoms with E-state index in [9.17, 15) is 29.3 Å². The number of pyridine rings is 1. The molecule has 2 heterocycles. The lowest BCUT2D eigenvalue weighted by Crippen LogP contribution is -2.44. The van der Waals surface area contributed by atoms with E-state index in [-0.39, 0.29) is 34.4 Å². The molecule has 3 N–H and O–H groups in total. The number of alkyl carbamates (subject to hydrolysis) is 1. The monoisotopic (exact) mass is 490 g/mol. The molecule has 13 nitrogen and oxygen atoms in total. The van der Waals surface area contributed by atoms with Gasteiger partial charge >= 0.3 is 17.7 Å². The van der Waals surface area contributed by atoms with Gasteiger partial charge in [-0.3, -0.25) is 24.9 Å². The summed E-state index contributed by atoms with van der Waals surface area (Å²) in [5, 5.41) is 31.0. The van der Waals surface area contributed by atoms with Crippen molar-refractivity contribution in [1.29, 1.82) is 0 Å². The summed E-state index contributed by atoms with van der Waals surface area (Å²) >= 11 is 0. The highest BCUT2D eigenvalue weighted by Crippen LogP contribution is 2.35. The zero-order chi connectivity index (χ0) is 24.5. The minimum atomic E-state index is -1.23. The third-order valence-electron chi connectivity index (χ3n) is 3.33. The molecule has 1 saturated heterocycles. The second-order valence-electron chi connectivity index (χ2n) is 7.09. The lowest BCUT2D eigenvalue weighted by atomic mass is 10.2. The summed E-state index contributed by atoms with van der Waals surface area (Å²) in [6.07, 6.45) is 0.859. The van der Waals surface area contributed by atoms with Gasteiger partial charge in [-0.15, -0.1) is 0 Å². The molecule has 0 unspecified atom stereocenters. The molecular formula is C17H22N4O9S2. The number of hydrogen-bond donors (Lipinski definition) is 3. The number of aliphatic carboxylic acids is 1. The first kappa shape index (κ1) is 27.1. The predicted octanol–water partition coefficient (Wildman–Crippen LogP) is 2.23. The molecule has 0 bridgehead atoms. The second kappa shape index (κ2) is 12.2. The lowest BCUT2D eigenvalue weighted by molar-refractivity contribution is -0.388. The van der Waals surface area contributed by atoms with Crippen LogP contribution in [0.3, 0.4) is 0 Å². The van der Waals surface area contributed by atoms with Gasteiger partial charge in [0.15, 0.2) is 5.03 Å². The Labute approximate surface area is 190 Å². The summed E-state index contributed by atoms with van der Waals surface area (Å²) in [5.41, 5.74) is -0.911. The number of aromatic nitrogens is 1. The zero-order valence-corrected chi connectivity index (χ0v) is 19.0. The Bertz CT molecular complexity index is 860. The summed E-state index contributed by atoms with van der Waals surface area (Å²) in [4.78, 5) is 57.5. The van der Waals surface area contributed by atoms with Crippen molar-refractivity contribution in [3.8, 4) is 0 Å². The molecule has 1 atom stereocenters. The molecule has 1 aliphatic heterocycles. The lowest BCUT2D eigenvalue weighted by Gasteiger charge is -2.21. The summed E-state index contributed by atoms with van der Waals surface area (Å²) in [7, 11) is 2.00. The van der Waals surface area contributed by atoms with E-state index in [0.29, 0.717) is 0 Å².